The second-order valence-corrected chi connectivity index (χ2v) is 3.71. The highest BCUT2D eigenvalue weighted by molar-refractivity contribution is 5.37. The Hall–Kier alpha value is -2.02. The minimum atomic E-state index is -0.199. The number of carbonyl (C=O) groups excluding carboxylic acids is 2. The first-order valence-corrected chi connectivity index (χ1v) is 5.45. The number of hydrogen-bond acceptors (Lipinski definition) is 4. The van der Waals surface area contributed by atoms with E-state index in [-0.39, 0.29) is 6.04 Å². The summed E-state index contributed by atoms with van der Waals surface area (Å²) in [5, 5.41) is 0. The maximum atomic E-state index is 10.4. The highest BCUT2D eigenvalue weighted by atomic mass is 16.1. The molecule has 4 nitrogen and oxygen atoms in total. The van der Waals surface area contributed by atoms with Crippen molar-refractivity contribution >= 4 is 12.2 Å². The zero-order chi connectivity index (χ0) is 12.5. The summed E-state index contributed by atoms with van der Waals surface area (Å²) in [6.07, 6.45) is 4.46. The summed E-state index contributed by atoms with van der Waals surface area (Å²) in [6, 6.07) is 7.59. The Morgan fingerprint density at radius 3 is 2.65 bits per heavy atom. The summed E-state index contributed by atoms with van der Waals surface area (Å²) in [5.41, 5.74) is 2.11. The third kappa shape index (κ3) is 4.15. The standard InChI is InChI=1S/C13H14N2O2/c1-11-5-2-3-6-12(11)13(15-10-17)7-4-8-14-9-16/h2-3,5-6,13H,4,7-8H2,1H3. The van der Waals surface area contributed by atoms with Crippen molar-refractivity contribution in [3.63, 3.8) is 0 Å². The van der Waals surface area contributed by atoms with Gasteiger partial charge in [-0.05, 0) is 30.9 Å². The molecule has 0 saturated heterocycles. The summed E-state index contributed by atoms with van der Waals surface area (Å²) in [4.78, 5) is 27.6. The fourth-order valence-electron chi connectivity index (χ4n) is 1.72. The molecule has 0 aromatic heterocycles. The van der Waals surface area contributed by atoms with E-state index in [1.807, 2.05) is 31.2 Å². The van der Waals surface area contributed by atoms with Gasteiger partial charge in [0.05, 0.1) is 12.6 Å². The molecule has 0 spiro atoms. The van der Waals surface area contributed by atoms with Crippen molar-refractivity contribution in [2.75, 3.05) is 6.54 Å². The molecule has 88 valence electrons. The van der Waals surface area contributed by atoms with Gasteiger partial charge in [0, 0.05) is 0 Å². The normalized spacial score (nSPS) is 11.1. The first kappa shape index (κ1) is 13.0. The van der Waals surface area contributed by atoms with Crippen molar-refractivity contribution in [3.05, 3.63) is 35.4 Å². The second kappa shape index (κ2) is 7.29. The Morgan fingerprint density at radius 1 is 1.24 bits per heavy atom. The molecular formula is C13H14N2O2. The van der Waals surface area contributed by atoms with Crippen molar-refractivity contribution in [1.29, 1.82) is 0 Å². The van der Waals surface area contributed by atoms with Gasteiger partial charge >= 0.3 is 0 Å². The number of aliphatic imine (C=N–C) groups is 2. The summed E-state index contributed by atoms with van der Waals surface area (Å²) in [7, 11) is 0. The summed E-state index contributed by atoms with van der Waals surface area (Å²) in [6.45, 7) is 2.40. The Bertz CT molecular complexity index is 458. The van der Waals surface area contributed by atoms with E-state index in [9.17, 15) is 9.59 Å². The second-order valence-electron chi connectivity index (χ2n) is 3.71. The van der Waals surface area contributed by atoms with Gasteiger partial charge < -0.3 is 0 Å². The van der Waals surface area contributed by atoms with E-state index < -0.39 is 0 Å². The Kier molecular flexibility index (Phi) is 5.59. The maximum Gasteiger partial charge on any atom is 0.235 e. The van der Waals surface area contributed by atoms with Gasteiger partial charge in [-0.1, -0.05) is 24.3 Å². The molecule has 0 aliphatic heterocycles. The van der Waals surface area contributed by atoms with Crippen LogP contribution in [0.5, 0.6) is 0 Å². The highest BCUT2D eigenvalue weighted by Crippen LogP contribution is 2.25. The largest absolute Gasteiger partial charge is 0.235 e. The predicted octanol–water partition coefficient (Wildman–Crippen LogP) is 2.49. The van der Waals surface area contributed by atoms with Gasteiger partial charge in [-0.2, -0.15) is 4.99 Å². The van der Waals surface area contributed by atoms with E-state index in [0.717, 1.165) is 11.1 Å². The average molecular weight is 230 g/mol. The van der Waals surface area contributed by atoms with Crippen molar-refractivity contribution < 1.29 is 9.59 Å². The minimum absolute atomic E-state index is 0.199. The van der Waals surface area contributed by atoms with E-state index >= 15 is 0 Å². The number of isocyanates is 2. The molecule has 0 N–H and O–H groups in total. The summed E-state index contributed by atoms with van der Waals surface area (Å²) >= 11 is 0. The smallest absolute Gasteiger partial charge is 0.211 e. The quantitative estimate of drug-likeness (QED) is 0.428. The van der Waals surface area contributed by atoms with E-state index in [0.29, 0.717) is 19.4 Å². The molecule has 0 radical (unpaired) electrons. The molecule has 0 aliphatic carbocycles. The SMILES string of the molecule is Cc1ccccc1C(CCCN=C=O)N=C=O. The molecule has 0 fully saturated rings. The molecular weight excluding hydrogens is 216 g/mol. The van der Waals surface area contributed by atoms with Gasteiger partial charge in [0.1, 0.15) is 0 Å². The number of rotatable bonds is 6. The summed E-state index contributed by atoms with van der Waals surface area (Å²) in [5.74, 6) is 0. The van der Waals surface area contributed by atoms with E-state index in [1.165, 1.54) is 6.08 Å². The van der Waals surface area contributed by atoms with Crippen LogP contribution in [0.3, 0.4) is 0 Å². The van der Waals surface area contributed by atoms with Crippen LogP contribution in [0, 0.1) is 6.92 Å². The Labute approximate surface area is 100 Å². The van der Waals surface area contributed by atoms with Gasteiger partial charge in [-0.25, -0.2) is 14.6 Å². The third-order valence-electron chi connectivity index (χ3n) is 2.57. The van der Waals surface area contributed by atoms with E-state index in [2.05, 4.69) is 9.98 Å². The van der Waals surface area contributed by atoms with E-state index in [1.54, 1.807) is 6.08 Å². The van der Waals surface area contributed by atoms with Crippen LogP contribution in [0.25, 0.3) is 0 Å². The molecule has 1 aromatic carbocycles. The Morgan fingerprint density at radius 2 is 2.00 bits per heavy atom. The zero-order valence-electron chi connectivity index (χ0n) is 9.72. The Balaban J connectivity index is 2.75. The van der Waals surface area contributed by atoms with E-state index in [4.69, 9.17) is 0 Å². The number of aryl methyl sites for hydroxylation is 1. The molecule has 1 rings (SSSR count). The fourth-order valence-corrected chi connectivity index (χ4v) is 1.72. The van der Waals surface area contributed by atoms with Gasteiger partial charge in [0.15, 0.2) is 0 Å². The van der Waals surface area contributed by atoms with Crippen LogP contribution in [0.15, 0.2) is 34.3 Å². The lowest BCUT2D eigenvalue weighted by molar-refractivity contribution is 0.547. The predicted molar refractivity (Wildman–Crippen MR) is 64.3 cm³/mol. The number of hydrogen-bond donors (Lipinski definition) is 0. The first-order valence-electron chi connectivity index (χ1n) is 5.45. The molecule has 0 bridgehead atoms. The lowest BCUT2D eigenvalue weighted by Crippen LogP contribution is -1.99. The molecule has 17 heavy (non-hydrogen) atoms. The fraction of sp³-hybridized carbons (Fsp3) is 0.385. The van der Waals surface area contributed by atoms with Crippen LogP contribution < -0.4 is 0 Å². The topological polar surface area (TPSA) is 58.9 Å². The monoisotopic (exact) mass is 230 g/mol. The molecule has 0 saturated carbocycles. The van der Waals surface area contributed by atoms with Gasteiger partial charge in [-0.3, -0.25) is 0 Å². The first-order chi connectivity index (χ1) is 8.29. The molecule has 1 aromatic rings. The summed E-state index contributed by atoms with van der Waals surface area (Å²) < 4.78 is 0. The zero-order valence-corrected chi connectivity index (χ0v) is 9.72. The average Bonchev–Trinajstić information content (AvgIpc) is 2.34. The van der Waals surface area contributed by atoms with Crippen molar-refractivity contribution in [2.45, 2.75) is 25.8 Å². The molecule has 1 atom stereocenters. The maximum absolute atomic E-state index is 10.4. The van der Waals surface area contributed by atoms with Gasteiger partial charge in [0.25, 0.3) is 0 Å². The van der Waals surface area contributed by atoms with Crippen LogP contribution in [0.2, 0.25) is 0 Å². The van der Waals surface area contributed by atoms with Crippen LogP contribution in [-0.4, -0.2) is 18.7 Å². The van der Waals surface area contributed by atoms with Gasteiger partial charge in [0.2, 0.25) is 12.2 Å². The molecule has 1 unspecified atom stereocenters. The lowest BCUT2D eigenvalue weighted by atomic mass is 9.98. The van der Waals surface area contributed by atoms with Crippen molar-refractivity contribution in [3.8, 4) is 0 Å². The van der Waals surface area contributed by atoms with Crippen LogP contribution in [0.1, 0.15) is 30.0 Å². The van der Waals surface area contributed by atoms with Crippen LogP contribution >= 0.6 is 0 Å². The lowest BCUT2D eigenvalue weighted by Gasteiger charge is -2.12. The van der Waals surface area contributed by atoms with Gasteiger partial charge in [-0.15, -0.1) is 0 Å². The van der Waals surface area contributed by atoms with Crippen molar-refractivity contribution in [1.82, 2.24) is 0 Å². The van der Waals surface area contributed by atoms with Crippen LogP contribution in [-0.2, 0) is 9.59 Å². The van der Waals surface area contributed by atoms with Crippen molar-refractivity contribution in [2.24, 2.45) is 9.98 Å². The number of nitrogens with zero attached hydrogens (tertiary/aromatic N) is 2. The molecule has 0 aliphatic rings. The van der Waals surface area contributed by atoms with Crippen LogP contribution in [0.4, 0.5) is 0 Å². The molecule has 4 heteroatoms. The number of benzene rings is 1. The third-order valence-corrected chi connectivity index (χ3v) is 2.57. The molecule has 0 amide bonds. The molecule has 0 heterocycles. The minimum Gasteiger partial charge on any atom is -0.211 e. The highest BCUT2D eigenvalue weighted by Gasteiger charge is 2.11.